The molecule has 6 nitrogen and oxygen atoms in total. The zero-order chi connectivity index (χ0) is 23.3. The van der Waals surface area contributed by atoms with E-state index < -0.39 is 10.0 Å². The van der Waals surface area contributed by atoms with E-state index in [4.69, 9.17) is 4.74 Å². The quantitative estimate of drug-likeness (QED) is 0.437. The summed E-state index contributed by atoms with van der Waals surface area (Å²) < 4.78 is 35.8. The Labute approximate surface area is 199 Å². The van der Waals surface area contributed by atoms with Crippen LogP contribution < -0.4 is 4.74 Å². The normalized spacial score (nSPS) is 20.7. The maximum atomic E-state index is 14.3. The summed E-state index contributed by atoms with van der Waals surface area (Å²) in [5.74, 6) is 0.557. The lowest BCUT2D eigenvalue weighted by Crippen LogP contribution is -2.37. The SMILES string of the molecule is COc1ccc(S(=O)(=O)N2C[C@H]3c4ccccc4CCN3[C@@H]2c2ccccc2)c2cccnc12. The van der Waals surface area contributed by atoms with Gasteiger partial charge in [-0.25, -0.2) is 8.42 Å². The molecule has 0 bridgehead atoms. The molecular formula is C27H25N3O3S. The van der Waals surface area contributed by atoms with Crippen LogP contribution in [0.3, 0.4) is 0 Å². The van der Waals surface area contributed by atoms with Crippen molar-refractivity contribution in [3.8, 4) is 5.75 Å². The maximum absolute atomic E-state index is 14.3. The van der Waals surface area contributed by atoms with E-state index >= 15 is 0 Å². The predicted molar refractivity (Wildman–Crippen MR) is 131 cm³/mol. The fourth-order valence-corrected chi connectivity index (χ4v) is 7.23. The third kappa shape index (κ3) is 3.23. The van der Waals surface area contributed by atoms with Crippen LogP contribution in [0.5, 0.6) is 5.75 Å². The van der Waals surface area contributed by atoms with Crippen molar-refractivity contribution in [1.82, 2.24) is 14.2 Å². The summed E-state index contributed by atoms with van der Waals surface area (Å²) in [5, 5.41) is 0.568. The van der Waals surface area contributed by atoms with Crippen LogP contribution in [0.4, 0.5) is 0 Å². The lowest BCUT2D eigenvalue weighted by atomic mass is 9.93. The molecule has 0 N–H and O–H groups in total. The highest BCUT2D eigenvalue weighted by Gasteiger charge is 2.48. The lowest BCUT2D eigenvalue weighted by molar-refractivity contribution is 0.154. The van der Waals surface area contributed by atoms with Gasteiger partial charge in [-0.15, -0.1) is 0 Å². The number of nitrogens with zero attached hydrogens (tertiary/aromatic N) is 3. The van der Waals surface area contributed by atoms with Crippen molar-refractivity contribution >= 4 is 20.9 Å². The molecule has 0 amide bonds. The van der Waals surface area contributed by atoms with Gasteiger partial charge in [0.2, 0.25) is 10.0 Å². The van der Waals surface area contributed by atoms with Crippen molar-refractivity contribution in [1.29, 1.82) is 0 Å². The van der Waals surface area contributed by atoms with Gasteiger partial charge in [0.1, 0.15) is 17.4 Å². The van der Waals surface area contributed by atoms with E-state index in [1.165, 1.54) is 11.1 Å². The highest BCUT2D eigenvalue weighted by Crippen LogP contribution is 2.47. The van der Waals surface area contributed by atoms with Crippen LogP contribution in [0.15, 0.2) is 90.0 Å². The molecule has 6 rings (SSSR count). The first-order valence-corrected chi connectivity index (χ1v) is 12.9. The molecule has 0 saturated carbocycles. The largest absolute Gasteiger partial charge is 0.494 e. The van der Waals surface area contributed by atoms with Crippen molar-refractivity contribution < 1.29 is 13.2 Å². The van der Waals surface area contributed by atoms with E-state index in [1.807, 2.05) is 36.4 Å². The highest BCUT2D eigenvalue weighted by atomic mass is 32.2. The summed E-state index contributed by atoms with van der Waals surface area (Å²) in [6, 6.07) is 25.2. The number of fused-ring (bicyclic) bond motifs is 4. The third-order valence-electron chi connectivity index (χ3n) is 6.99. The number of rotatable bonds is 4. The molecule has 1 fully saturated rings. The van der Waals surface area contributed by atoms with Crippen molar-refractivity contribution in [3.05, 3.63) is 102 Å². The van der Waals surface area contributed by atoms with Crippen molar-refractivity contribution in [3.63, 3.8) is 0 Å². The zero-order valence-corrected chi connectivity index (χ0v) is 19.7. The Bertz CT molecular complexity index is 1470. The van der Waals surface area contributed by atoms with Crippen LogP contribution in [-0.4, -0.2) is 42.8 Å². The van der Waals surface area contributed by atoms with Crippen LogP contribution in [-0.2, 0) is 16.4 Å². The number of methoxy groups -OCH3 is 1. The van der Waals surface area contributed by atoms with Crippen molar-refractivity contribution in [2.24, 2.45) is 0 Å². The van der Waals surface area contributed by atoms with Crippen LogP contribution >= 0.6 is 0 Å². The molecule has 2 aliphatic rings. The van der Waals surface area contributed by atoms with Crippen molar-refractivity contribution in [2.75, 3.05) is 20.2 Å². The van der Waals surface area contributed by atoms with Crippen LogP contribution in [0.25, 0.3) is 10.9 Å². The molecule has 3 heterocycles. The molecule has 1 saturated heterocycles. The van der Waals surface area contributed by atoms with E-state index in [1.54, 1.807) is 41.9 Å². The first-order chi connectivity index (χ1) is 16.6. The fraction of sp³-hybridized carbons (Fsp3) is 0.222. The topological polar surface area (TPSA) is 62.7 Å². The Kier molecular flexibility index (Phi) is 5.13. The highest BCUT2D eigenvalue weighted by molar-refractivity contribution is 7.89. The van der Waals surface area contributed by atoms with Gasteiger partial charge in [0.25, 0.3) is 0 Å². The summed E-state index contributed by atoms with van der Waals surface area (Å²) in [6.07, 6.45) is 2.18. The van der Waals surface area contributed by atoms with E-state index in [2.05, 4.69) is 28.1 Å². The van der Waals surface area contributed by atoms with E-state index in [0.29, 0.717) is 23.2 Å². The second kappa shape index (κ2) is 8.20. The van der Waals surface area contributed by atoms with Gasteiger partial charge in [0, 0.05) is 24.7 Å². The molecule has 3 aromatic carbocycles. The van der Waals surface area contributed by atoms with Gasteiger partial charge in [-0.3, -0.25) is 9.88 Å². The number of benzene rings is 3. The van der Waals surface area contributed by atoms with Gasteiger partial charge >= 0.3 is 0 Å². The number of aromatic nitrogens is 1. The average Bonchev–Trinajstić information content (AvgIpc) is 3.29. The Morgan fingerprint density at radius 2 is 1.74 bits per heavy atom. The number of hydrogen-bond acceptors (Lipinski definition) is 5. The molecule has 2 atom stereocenters. The molecule has 0 radical (unpaired) electrons. The minimum atomic E-state index is -3.85. The predicted octanol–water partition coefficient (Wildman–Crippen LogP) is 4.55. The van der Waals surface area contributed by atoms with Gasteiger partial charge in [-0.2, -0.15) is 4.31 Å². The summed E-state index contributed by atoms with van der Waals surface area (Å²) in [5.41, 5.74) is 4.04. The van der Waals surface area contributed by atoms with E-state index in [0.717, 1.165) is 18.5 Å². The fourth-order valence-electron chi connectivity index (χ4n) is 5.45. The molecule has 0 unspecified atom stereocenters. The summed E-state index contributed by atoms with van der Waals surface area (Å²) >= 11 is 0. The Hall–Kier alpha value is -3.26. The summed E-state index contributed by atoms with van der Waals surface area (Å²) in [4.78, 5) is 7.00. The second-order valence-electron chi connectivity index (χ2n) is 8.73. The van der Waals surface area contributed by atoms with Gasteiger partial charge in [-0.1, -0.05) is 54.6 Å². The van der Waals surface area contributed by atoms with Gasteiger partial charge in [0.05, 0.1) is 18.0 Å². The van der Waals surface area contributed by atoms with Crippen molar-refractivity contribution in [2.45, 2.75) is 23.5 Å². The van der Waals surface area contributed by atoms with Crippen LogP contribution in [0.2, 0.25) is 0 Å². The Morgan fingerprint density at radius 3 is 2.56 bits per heavy atom. The maximum Gasteiger partial charge on any atom is 0.245 e. The smallest absolute Gasteiger partial charge is 0.245 e. The molecule has 7 heteroatoms. The summed E-state index contributed by atoms with van der Waals surface area (Å²) in [6.45, 7) is 1.20. The van der Waals surface area contributed by atoms with Gasteiger partial charge < -0.3 is 4.74 Å². The summed E-state index contributed by atoms with van der Waals surface area (Å²) in [7, 11) is -2.28. The third-order valence-corrected chi connectivity index (χ3v) is 8.87. The Balaban J connectivity index is 1.52. The van der Waals surface area contributed by atoms with Gasteiger partial charge in [-0.05, 0) is 47.4 Å². The second-order valence-corrected chi connectivity index (χ2v) is 10.6. The van der Waals surface area contributed by atoms with Gasteiger partial charge in [0.15, 0.2) is 0 Å². The molecular weight excluding hydrogens is 446 g/mol. The standard InChI is InChI=1S/C27H25N3O3S/c1-33-24-13-14-25(22-12-7-16-28-26(22)24)34(31,32)30-18-23-21-11-6-5-8-19(21)15-17-29(23)27(30)20-9-3-2-4-10-20/h2-14,16,23,27H,15,17-18H2,1H3/t23-,27-/m0/s1. The number of hydrogen-bond donors (Lipinski definition) is 0. The molecule has 2 aliphatic heterocycles. The average molecular weight is 472 g/mol. The monoisotopic (exact) mass is 471 g/mol. The molecule has 0 spiro atoms. The minimum absolute atomic E-state index is 0.00701. The molecule has 1 aromatic heterocycles. The molecule has 4 aromatic rings. The van der Waals surface area contributed by atoms with Crippen LogP contribution in [0.1, 0.15) is 28.9 Å². The first-order valence-electron chi connectivity index (χ1n) is 11.4. The van der Waals surface area contributed by atoms with E-state index in [9.17, 15) is 8.42 Å². The first kappa shape index (κ1) is 21.3. The molecule has 34 heavy (non-hydrogen) atoms. The minimum Gasteiger partial charge on any atom is -0.494 e. The number of ether oxygens (including phenoxy) is 1. The number of sulfonamides is 1. The Morgan fingerprint density at radius 1 is 0.941 bits per heavy atom. The lowest BCUT2D eigenvalue weighted by Gasteiger charge is -2.35. The zero-order valence-electron chi connectivity index (χ0n) is 18.8. The molecule has 172 valence electrons. The molecule has 0 aliphatic carbocycles. The van der Waals surface area contributed by atoms with E-state index in [-0.39, 0.29) is 17.1 Å². The van der Waals surface area contributed by atoms with Crippen LogP contribution in [0, 0.1) is 0 Å². The number of pyridine rings is 1.